The van der Waals surface area contributed by atoms with E-state index in [0.29, 0.717) is 22.4 Å². The molecule has 2 nitrogen and oxygen atoms in total. The third-order valence-electron chi connectivity index (χ3n) is 1.78. The molecule has 78 valence electrons. The molecule has 0 amide bonds. The highest BCUT2D eigenvalue weighted by atomic mass is 79.9. The number of hydrogen-bond acceptors (Lipinski definition) is 2. The van der Waals surface area contributed by atoms with E-state index in [2.05, 4.69) is 15.9 Å². The first-order chi connectivity index (χ1) is 6.69. The molecular formula is C10H12BrFO2. The molecule has 1 aromatic rings. The Hall–Kier alpha value is -0.610. The van der Waals surface area contributed by atoms with Crippen LogP contribution in [0.3, 0.4) is 0 Å². The lowest BCUT2D eigenvalue weighted by Crippen LogP contribution is -1.98. The summed E-state index contributed by atoms with van der Waals surface area (Å²) in [7, 11) is 0. The summed E-state index contributed by atoms with van der Waals surface area (Å²) in [6.45, 7) is 1.95. The van der Waals surface area contributed by atoms with Crippen molar-refractivity contribution in [3.8, 4) is 5.75 Å². The topological polar surface area (TPSA) is 29.5 Å². The quantitative estimate of drug-likeness (QED) is 0.905. The highest BCUT2D eigenvalue weighted by Crippen LogP contribution is 2.29. The van der Waals surface area contributed by atoms with Crippen molar-refractivity contribution in [1.82, 2.24) is 0 Å². The van der Waals surface area contributed by atoms with Crippen LogP contribution in [-0.4, -0.2) is 18.3 Å². The Kier molecular flexibility index (Phi) is 4.35. The lowest BCUT2D eigenvalue weighted by molar-refractivity contribution is 0.180. The summed E-state index contributed by atoms with van der Waals surface area (Å²) in [5.74, 6) is 0.682. The lowest BCUT2D eigenvalue weighted by Gasteiger charge is -2.09. The van der Waals surface area contributed by atoms with Gasteiger partial charge in [-0.15, -0.1) is 0 Å². The number of benzene rings is 1. The first kappa shape index (κ1) is 11.5. The molecule has 1 aromatic carbocycles. The molecular weight excluding hydrogens is 251 g/mol. The zero-order valence-electron chi connectivity index (χ0n) is 7.84. The van der Waals surface area contributed by atoms with Crippen LogP contribution in [0.15, 0.2) is 22.7 Å². The fraction of sp³-hybridized carbons (Fsp3) is 0.400. The maximum atomic E-state index is 13.1. The molecule has 1 rings (SSSR count). The van der Waals surface area contributed by atoms with Gasteiger partial charge in [-0.25, -0.2) is 4.39 Å². The van der Waals surface area contributed by atoms with Gasteiger partial charge >= 0.3 is 0 Å². The second-order valence-corrected chi connectivity index (χ2v) is 3.63. The van der Waals surface area contributed by atoms with Crippen LogP contribution >= 0.6 is 15.9 Å². The summed E-state index contributed by atoms with van der Waals surface area (Å²) in [5, 5.41) is 8.63. The Morgan fingerprint density at radius 3 is 2.79 bits per heavy atom. The van der Waals surface area contributed by atoms with Crippen LogP contribution in [0.5, 0.6) is 5.75 Å². The standard InChI is InChI=1S/C10H12BrFO2/c1-2-14-10-4-3-7(5-8(10)11)9(12)6-13/h3-5,9,13H,2,6H2,1H3. The average Bonchev–Trinajstić information content (AvgIpc) is 2.20. The third kappa shape index (κ3) is 2.69. The van der Waals surface area contributed by atoms with Crippen LogP contribution in [0, 0.1) is 0 Å². The Balaban J connectivity index is 2.88. The van der Waals surface area contributed by atoms with Crippen molar-refractivity contribution in [3.63, 3.8) is 0 Å². The Morgan fingerprint density at radius 2 is 2.29 bits per heavy atom. The molecule has 14 heavy (non-hydrogen) atoms. The Labute approximate surface area is 90.8 Å². The molecule has 0 saturated carbocycles. The van der Waals surface area contributed by atoms with Crippen molar-refractivity contribution in [2.75, 3.05) is 13.2 Å². The highest BCUT2D eigenvalue weighted by Gasteiger charge is 2.10. The van der Waals surface area contributed by atoms with Gasteiger partial charge in [0.1, 0.15) is 11.9 Å². The molecule has 0 fully saturated rings. The largest absolute Gasteiger partial charge is 0.493 e. The summed E-state index contributed by atoms with van der Waals surface area (Å²) in [5.41, 5.74) is 0.447. The van der Waals surface area contributed by atoms with Gasteiger partial charge in [-0.1, -0.05) is 6.07 Å². The van der Waals surface area contributed by atoms with E-state index in [1.165, 1.54) is 0 Å². The molecule has 0 bridgehead atoms. The molecule has 0 saturated heterocycles. The molecule has 0 aliphatic heterocycles. The van der Waals surface area contributed by atoms with Gasteiger partial charge in [-0.05, 0) is 40.5 Å². The number of hydrogen-bond donors (Lipinski definition) is 1. The third-order valence-corrected chi connectivity index (χ3v) is 2.40. The van der Waals surface area contributed by atoms with Crippen molar-refractivity contribution in [3.05, 3.63) is 28.2 Å². The molecule has 0 aromatic heterocycles. The van der Waals surface area contributed by atoms with Crippen LogP contribution in [-0.2, 0) is 0 Å². The second-order valence-electron chi connectivity index (χ2n) is 2.77. The van der Waals surface area contributed by atoms with E-state index < -0.39 is 12.8 Å². The van der Waals surface area contributed by atoms with E-state index in [-0.39, 0.29) is 0 Å². The van der Waals surface area contributed by atoms with Crippen LogP contribution < -0.4 is 4.74 Å². The van der Waals surface area contributed by atoms with E-state index in [0.717, 1.165) is 0 Å². The minimum absolute atomic E-state index is 0.447. The maximum Gasteiger partial charge on any atom is 0.148 e. The monoisotopic (exact) mass is 262 g/mol. The molecule has 0 spiro atoms. The normalized spacial score (nSPS) is 12.6. The number of ether oxygens (including phenoxy) is 1. The van der Waals surface area contributed by atoms with E-state index in [1.807, 2.05) is 6.92 Å². The summed E-state index contributed by atoms with van der Waals surface area (Å²) >= 11 is 3.27. The minimum atomic E-state index is -1.33. The van der Waals surface area contributed by atoms with Gasteiger partial charge in [-0.2, -0.15) is 0 Å². The first-order valence-electron chi connectivity index (χ1n) is 4.36. The maximum absolute atomic E-state index is 13.1. The van der Waals surface area contributed by atoms with Gasteiger partial charge in [0.05, 0.1) is 17.7 Å². The van der Waals surface area contributed by atoms with Gasteiger partial charge in [0.15, 0.2) is 0 Å². The number of halogens is 2. The smallest absolute Gasteiger partial charge is 0.148 e. The number of aliphatic hydroxyl groups excluding tert-OH is 1. The Morgan fingerprint density at radius 1 is 1.57 bits per heavy atom. The van der Waals surface area contributed by atoms with Crippen molar-refractivity contribution in [2.24, 2.45) is 0 Å². The van der Waals surface area contributed by atoms with Crippen LogP contribution in [0.1, 0.15) is 18.7 Å². The van der Waals surface area contributed by atoms with Crippen molar-refractivity contribution >= 4 is 15.9 Å². The first-order valence-corrected chi connectivity index (χ1v) is 5.15. The van der Waals surface area contributed by atoms with E-state index >= 15 is 0 Å². The zero-order chi connectivity index (χ0) is 10.6. The van der Waals surface area contributed by atoms with E-state index in [1.54, 1.807) is 18.2 Å². The highest BCUT2D eigenvalue weighted by molar-refractivity contribution is 9.10. The Bertz CT molecular complexity index is 304. The molecule has 0 heterocycles. The van der Waals surface area contributed by atoms with Crippen LogP contribution in [0.25, 0.3) is 0 Å². The predicted octanol–water partition coefficient (Wildman–Crippen LogP) is 2.85. The molecule has 1 unspecified atom stereocenters. The zero-order valence-corrected chi connectivity index (χ0v) is 9.42. The van der Waals surface area contributed by atoms with Gasteiger partial charge < -0.3 is 9.84 Å². The SMILES string of the molecule is CCOc1ccc(C(F)CO)cc1Br. The van der Waals surface area contributed by atoms with E-state index in [9.17, 15) is 4.39 Å². The van der Waals surface area contributed by atoms with Gasteiger partial charge in [0.25, 0.3) is 0 Å². The number of rotatable bonds is 4. The number of aliphatic hydroxyl groups is 1. The summed E-state index contributed by atoms with van der Waals surface area (Å²) in [6.07, 6.45) is -1.33. The summed E-state index contributed by atoms with van der Waals surface area (Å²) in [4.78, 5) is 0. The van der Waals surface area contributed by atoms with Gasteiger partial charge in [-0.3, -0.25) is 0 Å². The molecule has 1 atom stereocenters. The van der Waals surface area contributed by atoms with Gasteiger partial charge in [0.2, 0.25) is 0 Å². The minimum Gasteiger partial charge on any atom is -0.493 e. The van der Waals surface area contributed by atoms with Crippen molar-refractivity contribution in [2.45, 2.75) is 13.1 Å². The molecule has 0 aliphatic rings. The second kappa shape index (κ2) is 5.32. The van der Waals surface area contributed by atoms with Crippen molar-refractivity contribution < 1.29 is 14.2 Å². The fourth-order valence-electron chi connectivity index (χ4n) is 1.09. The lowest BCUT2D eigenvalue weighted by atomic mass is 10.1. The predicted molar refractivity (Wildman–Crippen MR) is 56.2 cm³/mol. The molecule has 4 heteroatoms. The van der Waals surface area contributed by atoms with Crippen LogP contribution in [0.4, 0.5) is 4.39 Å². The average molecular weight is 263 g/mol. The number of alkyl halides is 1. The van der Waals surface area contributed by atoms with E-state index in [4.69, 9.17) is 9.84 Å². The summed E-state index contributed by atoms with van der Waals surface area (Å²) in [6, 6.07) is 4.91. The van der Waals surface area contributed by atoms with Crippen LogP contribution in [0.2, 0.25) is 0 Å². The molecule has 0 radical (unpaired) electrons. The fourth-order valence-corrected chi connectivity index (χ4v) is 1.60. The summed E-state index contributed by atoms with van der Waals surface area (Å²) < 4.78 is 19.0. The van der Waals surface area contributed by atoms with Crippen molar-refractivity contribution in [1.29, 1.82) is 0 Å². The molecule has 0 aliphatic carbocycles. The van der Waals surface area contributed by atoms with Gasteiger partial charge in [0, 0.05) is 0 Å². The molecule has 1 N–H and O–H groups in total.